The predicted octanol–water partition coefficient (Wildman–Crippen LogP) is 4.35. The summed E-state index contributed by atoms with van der Waals surface area (Å²) in [6.45, 7) is 7.08. The van der Waals surface area contributed by atoms with E-state index in [1.54, 1.807) is 0 Å². The van der Waals surface area contributed by atoms with Crippen LogP contribution in [0.1, 0.15) is 35.5 Å². The zero-order chi connectivity index (χ0) is 15.6. The van der Waals surface area contributed by atoms with Gasteiger partial charge in [-0.05, 0) is 43.7 Å². The summed E-state index contributed by atoms with van der Waals surface area (Å²) in [7, 11) is 1.95. The maximum Gasteiger partial charge on any atom is 0.0847 e. The normalized spacial score (nSPS) is 12.7. The van der Waals surface area contributed by atoms with Gasteiger partial charge in [0.2, 0.25) is 0 Å². The summed E-state index contributed by atoms with van der Waals surface area (Å²) in [6, 6.07) is 6.72. The fourth-order valence-corrected chi connectivity index (χ4v) is 3.48. The van der Waals surface area contributed by atoms with Gasteiger partial charge >= 0.3 is 0 Å². The van der Waals surface area contributed by atoms with Crippen molar-refractivity contribution in [2.24, 2.45) is 7.05 Å². The molecule has 0 amide bonds. The fourth-order valence-electron chi connectivity index (χ4n) is 2.62. The lowest BCUT2D eigenvalue weighted by Gasteiger charge is -2.20. The summed E-state index contributed by atoms with van der Waals surface area (Å²) in [5, 5.41) is 8.72. The summed E-state index contributed by atoms with van der Waals surface area (Å²) < 4.78 is 2.99. The molecule has 0 radical (unpaired) electrons. The van der Waals surface area contributed by atoms with Crippen molar-refractivity contribution in [2.45, 2.75) is 33.2 Å². The molecule has 0 fully saturated rings. The Morgan fingerprint density at radius 2 is 2.05 bits per heavy atom. The van der Waals surface area contributed by atoms with E-state index in [1.807, 2.05) is 18.7 Å². The van der Waals surface area contributed by atoms with Crippen molar-refractivity contribution >= 4 is 27.5 Å². The number of likely N-dealkylation sites (N-methyl/N-ethyl adjacent to an activating group) is 1. The molecular formula is C16H21BrClN3. The van der Waals surface area contributed by atoms with Crippen LogP contribution in [0.15, 0.2) is 22.7 Å². The molecule has 2 rings (SSSR count). The predicted molar refractivity (Wildman–Crippen MR) is 92.0 cm³/mol. The zero-order valence-electron chi connectivity index (χ0n) is 12.9. The Kier molecular flexibility index (Phi) is 5.47. The number of hydrogen-bond acceptors (Lipinski definition) is 2. The van der Waals surface area contributed by atoms with Crippen LogP contribution < -0.4 is 5.32 Å². The first kappa shape index (κ1) is 16.5. The fraction of sp³-hybridized carbons (Fsp3) is 0.438. The smallest absolute Gasteiger partial charge is 0.0847 e. The molecule has 114 valence electrons. The summed E-state index contributed by atoms with van der Waals surface area (Å²) in [5.74, 6) is 0. The van der Waals surface area contributed by atoms with Crippen molar-refractivity contribution in [2.75, 3.05) is 6.54 Å². The Hall–Kier alpha value is -0.840. The highest BCUT2D eigenvalue weighted by Crippen LogP contribution is 2.27. The minimum absolute atomic E-state index is 0.221. The van der Waals surface area contributed by atoms with Crippen LogP contribution in [0.3, 0.4) is 0 Å². The van der Waals surface area contributed by atoms with Crippen LogP contribution in [-0.4, -0.2) is 16.3 Å². The number of aryl methyl sites for hydroxylation is 3. The molecule has 1 atom stereocenters. The second-order valence-electron chi connectivity index (χ2n) is 5.35. The van der Waals surface area contributed by atoms with Gasteiger partial charge in [-0.3, -0.25) is 4.68 Å². The topological polar surface area (TPSA) is 29.9 Å². The summed E-state index contributed by atoms with van der Waals surface area (Å²) >= 11 is 9.97. The first-order valence-corrected chi connectivity index (χ1v) is 8.28. The summed E-state index contributed by atoms with van der Waals surface area (Å²) in [6.07, 6.45) is 0.819. The van der Waals surface area contributed by atoms with Crippen LogP contribution in [0.5, 0.6) is 0 Å². The van der Waals surface area contributed by atoms with Gasteiger partial charge in [0.05, 0.1) is 16.4 Å². The lowest BCUT2D eigenvalue weighted by molar-refractivity contribution is 0.528. The van der Waals surface area contributed by atoms with Crippen molar-refractivity contribution in [1.29, 1.82) is 0 Å². The van der Waals surface area contributed by atoms with E-state index in [2.05, 4.69) is 58.4 Å². The van der Waals surface area contributed by atoms with Crippen LogP contribution in [0.25, 0.3) is 0 Å². The van der Waals surface area contributed by atoms with E-state index >= 15 is 0 Å². The Morgan fingerprint density at radius 1 is 1.33 bits per heavy atom. The molecule has 0 aliphatic heterocycles. The SMILES string of the molecule is CCNC(Cc1c(Cl)c(C)nn1C)c1cc(C)cc(Br)c1. The van der Waals surface area contributed by atoms with Gasteiger partial charge in [-0.15, -0.1) is 0 Å². The lowest BCUT2D eigenvalue weighted by Crippen LogP contribution is -2.24. The summed E-state index contributed by atoms with van der Waals surface area (Å²) in [5.41, 5.74) is 4.46. The number of aromatic nitrogens is 2. The number of hydrogen-bond donors (Lipinski definition) is 1. The number of rotatable bonds is 5. The number of halogens is 2. The van der Waals surface area contributed by atoms with Crippen molar-refractivity contribution in [3.63, 3.8) is 0 Å². The Labute approximate surface area is 139 Å². The van der Waals surface area contributed by atoms with E-state index < -0.39 is 0 Å². The van der Waals surface area contributed by atoms with Gasteiger partial charge in [0.1, 0.15) is 0 Å². The summed E-state index contributed by atoms with van der Waals surface area (Å²) in [4.78, 5) is 0. The Balaban J connectivity index is 2.35. The molecule has 0 spiro atoms. The van der Waals surface area contributed by atoms with Crippen molar-refractivity contribution < 1.29 is 0 Å². The average molecular weight is 371 g/mol. The van der Waals surface area contributed by atoms with Crippen molar-refractivity contribution in [1.82, 2.24) is 15.1 Å². The average Bonchev–Trinajstić information content (AvgIpc) is 2.63. The molecule has 0 bridgehead atoms. The third-order valence-corrected chi connectivity index (χ3v) is 4.53. The molecule has 0 aliphatic rings. The van der Waals surface area contributed by atoms with E-state index in [4.69, 9.17) is 11.6 Å². The highest BCUT2D eigenvalue weighted by molar-refractivity contribution is 9.10. The minimum Gasteiger partial charge on any atom is -0.310 e. The molecular weight excluding hydrogens is 350 g/mol. The van der Waals surface area contributed by atoms with Gasteiger partial charge in [-0.1, -0.05) is 40.5 Å². The molecule has 0 saturated heterocycles. The van der Waals surface area contributed by atoms with Gasteiger partial charge in [-0.2, -0.15) is 5.10 Å². The first-order valence-electron chi connectivity index (χ1n) is 7.10. The lowest BCUT2D eigenvalue weighted by atomic mass is 10.00. The molecule has 1 unspecified atom stereocenters. The standard InChI is InChI=1S/C16H21BrClN3/c1-5-19-14(12-6-10(2)7-13(17)8-12)9-15-16(18)11(3)20-21(15)4/h6-8,14,19H,5,9H2,1-4H3. The monoisotopic (exact) mass is 369 g/mol. The maximum atomic E-state index is 6.39. The first-order chi connectivity index (χ1) is 9.92. The van der Waals surface area contributed by atoms with E-state index in [-0.39, 0.29) is 6.04 Å². The third-order valence-electron chi connectivity index (χ3n) is 3.58. The quantitative estimate of drug-likeness (QED) is 0.848. The minimum atomic E-state index is 0.221. The molecule has 1 aromatic heterocycles. The number of benzene rings is 1. The van der Waals surface area contributed by atoms with E-state index in [0.29, 0.717) is 0 Å². The highest BCUT2D eigenvalue weighted by Gasteiger charge is 2.18. The molecule has 3 nitrogen and oxygen atoms in total. The molecule has 0 saturated carbocycles. The maximum absolute atomic E-state index is 6.39. The van der Waals surface area contributed by atoms with Crippen LogP contribution >= 0.6 is 27.5 Å². The number of nitrogens with one attached hydrogen (secondary N) is 1. The van der Waals surface area contributed by atoms with Crippen LogP contribution in [0, 0.1) is 13.8 Å². The molecule has 0 aliphatic carbocycles. The van der Waals surface area contributed by atoms with E-state index in [0.717, 1.165) is 33.8 Å². The van der Waals surface area contributed by atoms with Gasteiger partial charge in [0.15, 0.2) is 0 Å². The van der Waals surface area contributed by atoms with Crippen molar-refractivity contribution in [3.8, 4) is 0 Å². The molecule has 21 heavy (non-hydrogen) atoms. The van der Waals surface area contributed by atoms with Gasteiger partial charge in [0, 0.05) is 24.0 Å². The molecule has 2 aromatic rings. The second-order valence-corrected chi connectivity index (χ2v) is 6.64. The van der Waals surface area contributed by atoms with E-state index in [1.165, 1.54) is 11.1 Å². The molecule has 1 aromatic carbocycles. The van der Waals surface area contributed by atoms with Crippen LogP contribution in [0.4, 0.5) is 0 Å². The van der Waals surface area contributed by atoms with Gasteiger partial charge in [0.25, 0.3) is 0 Å². The van der Waals surface area contributed by atoms with Crippen LogP contribution in [0.2, 0.25) is 5.02 Å². The molecule has 1 heterocycles. The third kappa shape index (κ3) is 3.87. The Bertz CT molecular complexity index is 616. The molecule has 5 heteroatoms. The Morgan fingerprint density at radius 3 is 2.57 bits per heavy atom. The largest absolute Gasteiger partial charge is 0.310 e. The van der Waals surface area contributed by atoms with Crippen LogP contribution in [-0.2, 0) is 13.5 Å². The van der Waals surface area contributed by atoms with Gasteiger partial charge in [-0.25, -0.2) is 0 Å². The van der Waals surface area contributed by atoms with Crippen molar-refractivity contribution in [3.05, 3.63) is 50.2 Å². The van der Waals surface area contributed by atoms with Gasteiger partial charge < -0.3 is 5.32 Å². The van der Waals surface area contributed by atoms with E-state index in [9.17, 15) is 0 Å². The highest BCUT2D eigenvalue weighted by atomic mass is 79.9. The molecule has 1 N–H and O–H groups in total. The number of nitrogens with zero attached hydrogens (tertiary/aromatic N) is 2. The second kappa shape index (κ2) is 6.95. The zero-order valence-corrected chi connectivity index (χ0v) is 15.2.